The van der Waals surface area contributed by atoms with Crippen molar-refractivity contribution in [2.75, 3.05) is 30.5 Å². The molecule has 0 bridgehead atoms. The fraction of sp³-hybridized carbons (Fsp3) is 0.364. The van der Waals surface area contributed by atoms with Crippen LogP contribution in [0.4, 0.5) is 24.7 Å². The molecule has 0 saturated heterocycles. The van der Waals surface area contributed by atoms with Crippen molar-refractivity contribution in [2.45, 2.75) is 32.7 Å². The van der Waals surface area contributed by atoms with Crippen molar-refractivity contribution in [3.05, 3.63) is 63.9 Å². The zero-order valence-corrected chi connectivity index (χ0v) is 20.1. The summed E-state index contributed by atoms with van der Waals surface area (Å²) < 4.78 is 49.9. The SMILES string of the molecule is Cc1ccc(NC(=O)c2cc([C@H](C)NCOCc3ncnc(NCCO)c3Cl)no2)cc1C(F)(F)F. The summed E-state index contributed by atoms with van der Waals surface area (Å²) in [6, 6.07) is 4.51. The fourth-order valence-electron chi connectivity index (χ4n) is 3.04. The molecular formula is C22H24ClF3N6O4. The van der Waals surface area contributed by atoms with Gasteiger partial charge in [0.25, 0.3) is 5.91 Å². The summed E-state index contributed by atoms with van der Waals surface area (Å²) in [7, 11) is 0. The molecule has 0 aliphatic carbocycles. The lowest BCUT2D eigenvalue weighted by Gasteiger charge is -2.12. The highest BCUT2D eigenvalue weighted by atomic mass is 35.5. The van der Waals surface area contributed by atoms with Crippen molar-refractivity contribution in [1.29, 1.82) is 0 Å². The number of rotatable bonds is 11. The van der Waals surface area contributed by atoms with E-state index < -0.39 is 17.6 Å². The number of aryl methyl sites for hydroxylation is 1. The van der Waals surface area contributed by atoms with E-state index in [9.17, 15) is 18.0 Å². The van der Waals surface area contributed by atoms with Crippen LogP contribution in [0.2, 0.25) is 5.02 Å². The first kappa shape index (κ1) is 27.3. The van der Waals surface area contributed by atoms with Crippen LogP contribution in [0, 0.1) is 6.92 Å². The van der Waals surface area contributed by atoms with E-state index >= 15 is 0 Å². The van der Waals surface area contributed by atoms with Crippen molar-refractivity contribution in [3.63, 3.8) is 0 Å². The summed E-state index contributed by atoms with van der Waals surface area (Å²) in [5, 5.41) is 21.3. The predicted molar refractivity (Wildman–Crippen MR) is 124 cm³/mol. The van der Waals surface area contributed by atoms with Gasteiger partial charge in [0.15, 0.2) is 0 Å². The minimum absolute atomic E-state index is 0.0199. The summed E-state index contributed by atoms with van der Waals surface area (Å²) in [6.07, 6.45) is -3.21. The number of carbonyl (C=O) groups is 1. The molecule has 0 radical (unpaired) electrons. The average molecular weight is 529 g/mol. The van der Waals surface area contributed by atoms with Gasteiger partial charge in [-0.1, -0.05) is 22.8 Å². The Kier molecular flexibility index (Phi) is 9.20. The summed E-state index contributed by atoms with van der Waals surface area (Å²) in [6.45, 7) is 3.46. The highest BCUT2D eigenvalue weighted by Gasteiger charge is 2.32. The Labute approximate surface area is 209 Å². The Hall–Kier alpha value is -3.26. The highest BCUT2D eigenvalue weighted by molar-refractivity contribution is 6.33. The number of aromatic nitrogens is 3. The highest BCUT2D eigenvalue weighted by Crippen LogP contribution is 2.33. The van der Waals surface area contributed by atoms with Gasteiger partial charge in [0.1, 0.15) is 22.9 Å². The number of halogens is 4. The molecule has 1 aromatic carbocycles. The molecule has 194 valence electrons. The van der Waals surface area contributed by atoms with Gasteiger partial charge in [0.05, 0.1) is 37.2 Å². The first-order valence-corrected chi connectivity index (χ1v) is 11.1. The van der Waals surface area contributed by atoms with Gasteiger partial charge in [0, 0.05) is 18.3 Å². The third kappa shape index (κ3) is 7.13. The number of ether oxygens (including phenoxy) is 1. The zero-order valence-electron chi connectivity index (χ0n) is 19.3. The van der Waals surface area contributed by atoms with E-state index in [1.807, 2.05) is 0 Å². The molecule has 0 aliphatic heterocycles. The van der Waals surface area contributed by atoms with Crippen molar-refractivity contribution >= 4 is 29.0 Å². The number of alkyl halides is 3. The number of aliphatic hydroxyl groups excluding tert-OH is 1. The summed E-state index contributed by atoms with van der Waals surface area (Å²) in [5.74, 6) is -0.517. The number of hydrogen-bond donors (Lipinski definition) is 4. The third-order valence-corrected chi connectivity index (χ3v) is 5.39. The quantitative estimate of drug-likeness (QED) is 0.216. The first-order valence-electron chi connectivity index (χ1n) is 10.7. The van der Waals surface area contributed by atoms with Gasteiger partial charge in [-0.05, 0) is 31.5 Å². The Balaban J connectivity index is 1.52. The molecule has 36 heavy (non-hydrogen) atoms. The minimum Gasteiger partial charge on any atom is -0.395 e. The maximum atomic E-state index is 13.1. The minimum atomic E-state index is -4.54. The molecular weight excluding hydrogens is 505 g/mol. The van der Waals surface area contributed by atoms with Crippen LogP contribution in [0.1, 0.15) is 46.0 Å². The van der Waals surface area contributed by atoms with Gasteiger partial charge in [0.2, 0.25) is 5.76 Å². The second kappa shape index (κ2) is 12.1. The molecule has 1 amide bonds. The molecule has 4 N–H and O–H groups in total. The lowest BCUT2D eigenvalue weighted by molar-refractivity contribution is -0.138. The van der Waals surface area contributed by atoms with Crippen LogP contribution in [-0.2, 0) is 17.5 Å². The van der Waals surface area contributed by atoms with Crippen LogP contribution in [0.3, 0.4) is 0 Å². The molecule has 10 nitrogen and oxygen atoms in total. The van der Waals surface area contributed by atoms with Crippen molar-refractivity contribution < 1.29 is 32.3 Å². The summed E-state index contributed by atoms with van der Waals surface area (Å²) >= 11 is 6.23. The average Bonchev–Trinajstić information content (AvgIpc) is 3.33. The topological polar surface area (TPSA) is 134 Å². The van der Waals surface area contributed by atoms with Crippen LogP contribution in [0.5, 0.6) is 0 Å². The number of aliphatic hydroxyl groups is 1. The standard InChI is InChI=1S/C22H24ClF3N6O4/c1-12-3-4-14(7-15(12)22(24,25)26)31-21(34)18-8-16(32-36-18)13(2)30-11-35-9-17-19(23)20(27-5-6-33)29-10-28-17/h3-4,7-8,10,13,30,33H,5-6,9,11H2,1-2H3,(H,31,34)(H,27,28,29)/t13-/m0/s1. The van der Waals surface area contributed by atoms with Crippen LogP contribution < -0.4 is 16.0 Å². The van der Waals surface area contributed by atoms with Gasteiger partial charge in [-0.25, -0.2) is 9.97 Å². The normalized spacial score (nSPS) is 12.4. The van der Waals surface area contributed by atoms with Crippen LogP contribution >= 0.6 is 11.6 Å². The second-order valence-corrected chi connectivity index (χ2v) is 8.03. The number of hydrogen-bond acceptors (Lipinski definition) is 9. The van der Waals surface area contributed by atoms with Gasteiger partial charge in [-0.2, -0.15) is 13.2 Å². The third-order valence-electron chi connectivity index (χ3n) is 4.99. The molecule has 0 saturated carbocycles. The lowest BCUT2D eigenvalue weighted by atomic mass is 10.1. The molecule has 2 heterocycles. The lowest BCUT2D eigenvalue weighted by Crippen LogP contribution is -2.22. The Morgan fingerprint density at radius 1 is 1.28 bits per heavy atom. The number of carbonyl (C=O) groups excluding carboxylic acids is 1. The summed E-state index contributed by atoms with van der Waals surface area (Å²) in [5.41, 5.74) is 0.0297. The van der Waals surface area contributed by atoms with E-state index in [2.05, 4.69) is 31.1 Å². The number of nitrogens with zero attached hydrogens (tertiary/aromatic N) is 3. The van der Waals surface area contributed by atoms with E-state index in [-0.39, 0.29) is 54.6 Å². The molecule has 0 aliphatic rings. The molecule has 0 unspecified atom stereocenters. The van der Waals surface area contributed by atoms with Gasteiger partial charge >= 0.3 is 6.18 Å². The number of nitrogens with one attached hydrogen (secondary N) is 3. The number of anilines is 2. The van der Waals surface area contributed by atoms with E-state index in [0.717, 1.165) is 6.07 Å². The second-order valence-electron chi connectivity index (χ2n) is 7.65. The molecule has 3 rings (SSSR count). The predicted octanol–water partition coefficient (Wildman–Crippen LogP) is 3.93. The molecule has 1 atom stereocenters. The number of benzene rings is 1. The van der Waals surface area contributed by atoms with E-state index in [1.165, 1.54) is 31.5 Å². The van der Waals surface area contributed by atoms with Crippen LogP contribution in [-0.4, -0.2) is 46.0 Å². The fourth-order valence-corrected chi connectivity index (χ4v) is 3.26. The molecule has 3 aromatic rings. The molecule has 0 fully saturated rings. The van der Waals surface area contributed by atoms with Gasteiger partial charge in [-0.15, -0.1) is 0 Å². The van der Waals surface area contributed by atoms with E-state index in [4.69, 9.17) is 26.0 Å². The first-order chi connectivity index (χ1) is 17.1. The smallest absolute Gasteiger partial charge is 0.395 e. The largest absolute Gasteiger partial charge is 0.416 e. The van der Waals surface area contributed by atoms with Crippen molar-refractivity contribution in [3.8, 4) is 0 Å². The Morgan fingerprint density at radius 3 is 2.78 bits per heavy atom. The maximum Gasteiger partial charge on any atom is 0.416 e. The number of amides is 1. The molecule has 2 aromatic heterocycles. The molecule has 0 spiro atoms. The van der Waals surface area contributed by atoms with Crippen molar-refractivity contribution in [2.24, 2.45) is 0 Å². The molecule has 14 heteroatoms. The van der Waals surface area contributed by atoms with Crippen molar-refractivity contribution in [1.82, 2.24) is 20.4 Å². The van der Waals surface area contributed by atoms with Gasteiger partial charge < -0.3 is 25.0 Å². The zero-order chi connectivity index (χ0) is 26.3. The van der Waals surface area contributed by atoms with E-state index in [0.29, 0.717) is 17.2 Å². The van der Waals surface area contributed by atoms with E-state index in [1.54, 1.807) is 6.92 Å². The van der Waals surface area contributed by atoms with Crippen LogP contribution in [0.25, 0.3) is 0 Å². The van der Waals surface area contributed by atoms with Gasteiger partial charge in [-0.3, -0.25) is 10.1 Å². The van der Waals surface area contributed by atoms with Crippen LogP contribution in [0.15, 0.2) is 35.1 Å². The Bertz CT molecular complexity index is 1190. The maximum absolute atomic E-state index is 13.1. The Morgan fingerprint density at radius 2 is 2.06 bits per heavy atom. The summed E-state index contributed by atoms with van der Waals surface area (Å²) in [4.78, 5) is 20.5. The monoisotopic (exact) mass is 528 g/mol.